The fourth-order valence-corrected chi connectivity index (χ4v) is 3.70. The fourth-order valence-electron chi connectivity index (χ4n) is 3.44. The maximum atomic E-state index is 5.55. The van der Waals surface area contributed by atoms with E-state index in [0.29, 0.717) is 0 Å². The number of ether oxygens (including phenoxy) is 1. The molecule has 0 unspecified atom stereocenters. The van der Waals surface area contributed by atoms with Crippen LogP contribution in [0.5, 0.6) is 0 Å². The van der Waals surface area contributed by atoms with Crippen molar-refractivity contribution in [2.45, 2.75) is 125 Å². The minimum atomic E-state index is 0. The number of benzene rings is 2. The summed E-state index contributed by atoms with van der Waals surface area (Å²) in [6.45, 7) is 16.1. The molecule has 0 heterocycles. The second kappa shape index (κ2) is 38.2. The van der Waals surface area contributed by atoms with Gasteiger partial charge in [-0.1, -0.05) is 126 Å². The number of unbranched alkanes of at least 4 members (excludes halogenated alkanes) is 9. The van der Waals surface area contributed by atoms with Gasteiger partial charge in [0.25, 0.3) is 0 Å². The average Bonchev–Trinajstić information content (AvgIpc) is 2.92. The van der Waals surface area contributed by atoms with Crippen molar-refractivity contribution < 1.29 is 21.7 Å². The van der Waals surface area contributed by atoms with Crippen LogP contribution < -0.4 is 17.0 Å². The van der Waals surface area contributed by atoms with E-state index in [1.165, 1.54) is 94.6 Å². The van der Waals surface area contributed by atoms with Gasteiger partial charge in [-0.05, 0) is 74.9 Å². The average molecular weight is 657 g/mol. The van der Waals surface area contributed by atoms with Gasteiger partial charge in [-0.25, -0.2) is 0 Å². The largest absolute Gasteiger partial charge is 2.00 e. The Hall–Kier alpha value is 0.226. The zero-order valence-electron chi connectivity index (χ0n) is 25.9. The van der Waals surface area contributed by atoms with Crippen LogP contribution in [0.1, 0.15) is 123 Å². The first-order valence-electron chi connectivity index (χ1n) is 14.8. The molecule has 0 aliphatic heterocycles. The van der Waals surface area contributed by atoms with Gasteiger partial charge in [-0.2, -0.15) is 6.42 Å². The molecule has 0 bridgehead atoms. The summed E-state index contributed by atoms with van der Waals surface area (Å²) in [6, 6.07) is 16.4. The van der Waals surface area contributed by atoms with Crippen LogP contribution in [0.25, 0.3) is 0 Å². The number of aryl methyl sites for hydroxylation is 2. The molecule has 0 atom stereocenters. The third kappa shape index (κ3) is 36.2. The summed E-state index contributed by atoms with van der Waals surface area (Å²) in [7, 11) is 0. The first-order valence-corrected chi connectivity index (χ1v) is 15.6. The van der Waals surface area contributed by atoms with Gasteiger partial charge in [0.1, 0.15) is 0 Å². The molecule has 2 rings (SSSR count). The molecule has 1 nitrogen and oxygen atoms in total. The summed E-state index contributed by atoms with van der Waals surface area (Å²) in [5.74, 6) is 0. The molecular weight excluding hydrogens is 599 g/mol. The smallest absolute Gasteiger partial charge is 1.00 e. The van der Waals surface area contributed by atoms with E-state index in [0.717, 1.165) is 29.7 Å². The van der Waals surface area contributed by atoms with Crippen molar-refractivity contribution in [1.82, 2.24) is 0 Å². The number of rotatable bonds is 15. The van der Waals surface area contributed by atoms with Gasteiger partial charge in [0, 0.05) is 23.3 Å². The minimum Gasteiger partial charge on any atom is -1.00 e. The van der Waals surface area contributed by atoms with Crippen LogP contribution in [0.15, 0.2) is 48.5 Å². The van der Waals surface area contributed by atoms with Crippen molar-refractivity contribution in [3.8, 4) is 0 Å². The molecule has 0 radical (unpaired) electrons. The third-order valence-electron chi connectivity index (χ3n) is 5.73. The van der Waals surface area contributed by atoms with Gasteiger partial charge in [-0.3, -0.25) is 0 Å². The monoisotopic (exact) mass is 654 g/mol. The Morgan fingerprint density at radius 3 is 1.10 bits per heavy atom. The maximum absolute atomic E-state index is 5.55. The zero-order chi connectivity index (χ0) is 28.0. The van der Waals surface area contributed by atoms with Crippen molar-refractivity contribution in [3.63, 3.8) is 0 Å². The van der Waals surface area contributed by atoms with Gasteiger partial charge in [0.05, 0.1) is 0 Å². The molecule has 0 amide bonds. The first-order chi connectivity index (χ1) is 18.0. The van der Waals surface area contributed by atoms with E-state index in [9.17, 15) is 0 Å². The Morgan fingerprint density at radius 2 is 0.872 bits per heavy atom. The molecule has 39 heavy (non-hydrogen) atoms. The fraction of sp³-hybridized carbons (Fsp3) is 0.618. The molecule has 2 aromatic rings. The van der Waals surface area contributed by atoms with Crippen molar-refractivity contribution in [2.75, 3.05) is 13.2 Å². The number of hydrogen-bond acceptors (Lipinski definition) is 1. The maximum Gasteiger partial charge on any atom is 2.00 e. The van der Waals surface area contributed by atoms with E-state index in [1.54, 1.807) is 24.3 Å². The second-order valence-corrected chi connectivity index (χ2v) is 10.1. The topological polar surface area (TPSA) is 9.23 Å². The normalized spacial score (nSPS) is 9.33. The Kier molecular flexibility index (Phi) is 45.3. The number of halogens is 3. The SMILES string of the molecule is CCCCCCc1ccc(CCCCCC)cc1.CCOCC.Clc1ccc(Cl)cc1.[Br-].[CH2-]CCCCC.[Mg+2]. The summed E-state index contributed by atoms with van der Waals surface area (Å²) in [5.41, 5.74) is 3.03. The minimum absolute atomic E-state index is 0. The van der Waals surface area contributed by atoms with E-state index in [1.807, 2.05) is 13.8 Å². The molecule has 0 spiro atoms. The van der Waals surface area contributed by atoms with E-state index in [2.05, 4.69) is 52.0 Å². The van der Waals surface area contributed by atoms with Crippen molar-refractivity contribution >= 4 is 46.3 Å². The Balaban J connectivity index is -0.000000242. The summed E-state index contributed by atoms with van der Waals surface area (Å²) in [4.78, 5) is 0. The molecule has 0 N–H and O–H groups in total. The van der Waals surface area contributed by atoms with Crippen LogP contribution in [0.4, 0.5) is 0 Å². The van der Waals surface area contributed by atoms with E-state index < -0.39 is 0 Å². The van der Waals surface area contributed by atoms with E-state index >= 15 is 0 Å². The van der Waals surface area contributed by atoms with Crippen LogP contribution in [0.2, 0.25) is 10.0 Å². The Morgan fingerprint density at radius 1 is 0.538 bits per heavy atom. The predicted molar refractivity (Wildman–Crippen MR) is 176 cm³/mol. The molecule has 2 aromatic carbocycles. The molecule has 5 heteroatoms. The standard InChI is InChI=1S/C18H30.C6H4Cl2.C6H13.C4H10O.BrH.Mg/c1-3-5-7-9-11-17-13-15-18(16-14-17)12-10-8-6-4-2;7-5-1-2-6(8)4-3-5;1-3-5-6-4-2;1-3-5-4-2;;/h13-16H,3-12H2,1-2H3;1-4H;1,3-6H2,2H3;3-4H2,1-2H3;1H;/q;;-1;;;+2/p-1. The molecule has 0 aliphatic carbocycles. The Bertz CT molecular complexity index is 623. The quantitative estimate of drug-likeness (QED) is 0.106. The molecule has 0 aromatic heterocycles. The van der Waals surface area contributed by atoms with Gasteiger partial charge < -0.3 is 28.6 Å². The van der Waals surface area contributed by atoms with Crippen LogP contribution in [0.3, 0.4) is 0 Å². The second-order valence-electron chi connectivity index (χ2n) is 9.22. The summed E-state index contributed by atoms with van der Waals surface area (Å²) in [6.07, 6.45) is 18.5. The van der Waals surface area contributed by atoms with Gasteiger partial charge in [0.15, 0.2) is 0 Å². The van der Waals surface area contributed by atoms with Gasteiger partial charge >= 0.3 is 23.1 Å². The van der Waals surface area contributed by atoms with Crippen LogP contribution in [0, 0.1) is 6.92 Å². The van der Waals surface area contributed by atoms with Crippen LogP contribution in [-0.2, 0) is 17.6 Å². The molecule has 0 saturated carbocycles. The van der Waals surface area contributed by atoms with Crippen molar-refractivity contribution in [3.05, 3.63) is 76.6 Å². The van der Waals surface area contributed by atoms with Gasteiger partial charge in [0.2, 0.25) is 0 Å². The van der Waals surface area contributed by atoms with Crippen LogP contribution >= 0.6 is 23.2 Å². The summed E-state index contributed by atoms with van der Waals surface area (Å²) < 4.78 is 4.83. The van der Waals surface area contributed by atoms with Crippen molar-refractivity contribution in [1.29, 1.82) is 0 Å². The van der Waals surface area contributed by atoms with E-state index in [-0.39, 0.29) is 40.0 Å². The summed E-state index contributed by atoms with van der Waals surface area (Å²) in [5, 5.41) is 1.43. The molecule has 0 saturated heterocycles. The van der Waals surface area contributed by atoms with Gasteiger partial charge in [-0.15, -0.1) is 0 Å². The molecular formula is C34H57BrCl2MgO. The number of hydrogen-bond donors (Lipinski definition) is 0. The predicted octanol–water partition coefficient (Wildman–Crippen LogP) is 8.99. The Labute approximate surface area is 280 Å². The molecule has 0 fully saturated rings. The molecule has 222 valence electrons. The first kappa shape index (κ1) is 46.2. The third-order valence-corrected chi connectivity index (χ3v) is 6.23. The molecule has 0 aliphatic rings. The van der Waals surface area contributed by atoms with E-state index in [4.69, 9.17) is 27.9 Å². The van der Waals surface area contributed by atoms with Crippen molar-refractivity contribution in [2.24, 2.45) is 0 Å². The summed E-state index contributed by atoms with van der Waals surface area (Å²) >= 11 is 11.1. The zero-order valence-corrected chi connectivity index (χ0v) is 30.4. The van der Waals surface area contributed by atoms with Crippen LogP contribution in [-0.4, -0.2) is 36.3 Å².